The quantitative estimate of drug-likeness (QED) is 0.396. The van der Waals surface area contributed by atoms with Gasteiger partial charge in [-0.15, -0.1) is 0 Å². The molecule has 0 aromatic heterocycles. The molecule has 0 fully saturated rings. The highest BCUT2D eigenvalue weighted by Crippen LogP contribution is 2.17. The number of carbonyl (C=O) groups is 3. The summed E-state index contributed by atoms with van der Waals surface area (Å²) in [5, 5.41) is 8.21. The van der Waals surface area contributed by atoms with Gasteiger partial charge in [-0.25, -0.2) is 8.42 Å². The Morgan fingerprint density at radius 1 is 1.00 bits per heavy atom. The van der Waals surface area contributed by atoms with Gasteiger partial charge in [0, 0.05) is 37.7 Å². The first-order valence-electron chi connectivity index (χ1n) is 11.5. The standard InChI is InChI=1S/C23H38N4O5S/c1-7-17(6)25-20(28)13-14-24-23(30)21(16(4)5)26-22(29)18-11-10-12-19(15-18)33(31,32)27(8-2)9-3/h10-12,15-17,21H,7-9,13-14H2,1-6H3,(H,24,30)(H,25,28)(H,26,29). The number of benzene rings is 1. The Bertz CT molecular complexity index is 913. The molecule has 0 saturated heterocycles. The summed E-state index contributed by atoms with van der Waals surface area (Å²) in [4.78, 5) is 37.4. The maximum absolute atomic E-state index is 12.8. The van der Waals surface area contributed by atoms with Crippen molar-refractivity contribution in [3.05, 3.63) is 29.8 Å². The Balaban J connectivity index is 2.86. The fraction of sp³-hybridized carbons (Fsp3) is 0.609. The van der Waals surface area contributed by atoms with E-state index in [0.29, 0.717) is 13.1 Å². The predicted octanol–water partition coefficient (Wildman–Crippen LogP) is 1.89. The van der Waals surface area contributed by atoms with E-state index in [1.54, 1.807) is 27.7 Å². The van der Waals surface area contributed by atoms with E-state index in [9.17, 15) is 22.8 Å². The summed E-state index contributed by atoms with van der Waals surface area (Å²) >= 11 is 0. The number of nitrogens with one attached hydrogen (secondary N) is 3. The first-order chi connectivity index (χ1) is 15.5. The number of hydrogen-bond acceptors (Lipinski definition) is 5. The molecule has 10 heteroatoms. The van der Waals surface area contributed by atoms with E-state index >= 15 is 0 Å². The Kier molecular flexibility index (Phi) is 11.5. The Morgan fingerprint density at radius 2 is 1.64 bits per heavy atom. The van der Waals surface area contributed by atoms with Gasteiger partial charge in [0.1, 0.15) is 6.04 Å². The van der Waals surface area contributed by atoms with E-state index < -0.39 is 27.9 Å². The summed E-state index contributed by atoms with van der Waals surface area (Å²) in [7, 11) is -3.71. The third-order valence-corrected chi connectivity index (χ3v) is 7.39. The van der Waals surface area contributed by atoms with Crippen molar-refractivity contribution in [1.82, 2.24) is 20.3 Å². The summed E-state index contributed by atoms with van der Waals surface area (Å²) < 4.78 is 26.8. The van der Waals surface area contributed by atoms with Gasteiger partial charge in [0.25, 0.3) is 5.91 Å². The molecule has 0 aliphatic rings. The molecule has 3 amide bonds. The third kappa shape index (κ3) is 8.43. The van der Waals surface area contributed by atoms with E-state index in [-0.39, 0.29) is 41.3 Å². The Hall–Kier alpha value is -2.46. The molecular weight excluding hydrogens is 444 g/mol. The molecule has 0 bridgehead atoms. The SMILES string of the molecule is CCC(C)NC(=O)CCNC(=O)C(NC(=O)c1cccc(S(=O)(=O)N(CC)CC)c1)C(C)C. The lowest BCUT2D eigenvalue weighted by Gasteiger charge is -2.22. The molecule has 33 heavy (non-hydrogen) atoms. The van der Waals surface area contributed by atoms with E-state index in [4.69, 9.17) is 0 Å². The van der Waals surface area contributed by atoms with Crippen molar-refractivity contribution in [1.29, 1.82) is 0 Å². The molecule has 3 N–H and O–H groups in total. The van der Waals surface area contributed by atoms with E-state index in [2.05, 4.69) is 16.0 Å². The highest BCUT2D eigenvalue weighted by Gasteiger charge is 2.26. The molecule has 0 saturated carbocycles. The number of carbonyl (C=O) groups excluding carboxylic acids is 3. The second kappa shape index (κ2) is 13.3. The van der Waals surface area contributed by atoms with E-state index in [1.165, 1.54) is 28.6 Å². The summed E-state index contributed by atoms with van der Waals surface area (Å²) in [5.41, 5.74) is 0.148. The van der Waals surface area contributed by atoms with Gasteiger partial charge in [0.05, 0.1) is 4.90 Å². The first kappa shape index (κ1) is 28.6. The lowest BCUT2D eigenvalue weighted by molar-refractivity contribution is -0.124. The molecule has 0 radical (unpaired) electrons. The van der Waals surface area contributed by atoms with Crippen LogP contribution in [0.2, 0.25) is 0 Å². The summed E-state index contributed by atoms with van der Waals surface area (Å²) in [5.74, 6) is -1.32. The molecular formula is C23H38N4O5S. The monoisotopic (exact) mass is 482 g/mol. The van der Waals surface area contributed by atoms with Crippen LogP contribution in [0.4, 0.5) is 0 Å². The van der Waals surface area contributed by atoms with E-state index in [1.807, 2.05) is 13.8 Å². The molecule has 1 rings (SSSR count). The second-order valence-electron chi connectivity index (χ2n) is 8.23. The Morgan fingerprint density at radius 3 is 2.18 bits per heavy atom. The molecule has 1 aromatic rings. The van der Waals surface area contributed by atoms with Crippen LogP contribution in [0.5, 0.6) is 0 Å². The average Bonchev–Trinajstić information content (AvgIpc) is 2.77. The number of amides is 3. The summed E-state index contributed by atoms with van der Waals surface area (Å²) in [6.07, 6.45) is 0.955. The van der Waals surface area contributed by atoms with Crippen molar-refractivity contribution in [3.8, 4) is 0 Å². The third-order valence-electron chi connectivity index (χ3n) is 5.35. The van der Waals surface area contributed by atoms with Crippen molar-refractivity contribution in [2.75, 3.05) is 19.6 Å². The number of hydrogen-bond donors (Lipinski definition) is 3. The average molecular weight is 483 g/mol. The van der Waals surface area contributed by atoms with E-state index in [0.717, 1.165) is 6.42 Å². The van der Waals surface area contributed by atoms with Gasteiger partial charge >= 0.3 is 0 Å². The Labute approximate surface area is 197 Å². The van der Waals surface area contributed by atoms with Crippen molar-refractivity contribution in [2.45, 2.75) is 71.4 Å². The zero-order valence-corrected chi connectivity index (χ0v) is 21.3. The van der Waals surface area contributed by atoms with Crippen LogP contribution in [0.25, 0.3) is 0 Å². The van der Waals surface area contributed by atoms with Crippen LogP contribution in [0.1, 0.15) is 64.7 Å². The van der Waals surface area contributed by atoms with Gasteiger partial charge in [0.2, 0.25) is 21.8 Å². The zero-order valence-electron chi connectivity index (χ0n) is 20.5. The van der Waals surface area contributed by atoms with Crippen molar-refractivity contribution in [3.63, 3.8) is 0 Å². The molecule has 1 aromatic carbocycles. The summed E-state index contributed by atoms with van der Waals surface area (Å²) in [6, 6.07) is 5.01. The van der Waals surface area contributed by atoms with Gasteiger partial charge in [-0.05, 0) is 37.5 Å². The van der Waals surface area contributed by atoms with Gasteiger partial charge in [-0.3, -0.25) is 14.4 Å². The fourth-order valence-electron chi connectivity index (χ4n) is 3.13. The van der Waals surface area contributed by atoms with Crippen LogP contribution in [0.15, 0.2) is 29.2 Å². The molecule has 186 valence electrons. The number of nitrogens with zero attached hydrogens (tertiary/aromatic N) is 1. The molecule has 0 spiro atoms. The van der Waals surface area contributed by atoms with Gasteiger partial charge in [0.15, 0.2) is 0 Å². The zero-order chi connectivity index (χ0) is 25.2. The minimum atomic E-state index is -3.71. The highest BCUT2D eigenvalue weighted by atomic mass is 32.2. The van der Waals surface area contributed by atoms with Gasteiger partial charge < -0.3 is 16.0 Å². The normalized spacial score (nSPS) is 13.5. The molecule has 0 aliphatic carbocycles. The van der Waals surface area contributed by atoms with Crippen LogP contribution in [0.3, 0.4) is 0 Å². The molecule has 0 heterocycles. The highest BCUT2D eigenvalue weighted by molar-refractivity contribution is 7.89. The van der Waals surface area contributed by atoms with Crippen LogP contribution in [-0.4, -0.2) is 62.2 Å². The lowest BCUT2D eigenvalue weighted by atomic mass is 10.0. The van der Waals surface area contributed by atoms with Crippen LogP contribution in [-0.2, 0) is 19.6 Å². The molecule has 2 atom stereocenters. The number of rotatable bonds is 13. The van der Waals surface area contributed by atoms with Crippen LogP contribution < -0.4 is 16.0 Å². The van der Waals surface area contributed by atoms with Crippen molar-refractivity contribution >= 4 is 27.7 Å². The van der Waals surface area contributed by atoms with Gasteiger partial charge in [-0.1, -0.05) is 40.7 Å². The number of sulfonamides is 1. The predicted molar refractivity (Wildman–Crippen MR) is 128 cm³/mol. The maximum Gasteiger partial charge on any atom is 0.251 e. The fourth-order valence-corrected chi connectivity index (χ4v) is 4.63. The summed E-state index contributed by atoms with van der Waals surface area (Å²) in [6.45, 7) is 11.7. The second-order valence-corrected chi connectivity index (χ2v) is 10.2. The molecule has 0 aliphatic heterocycles. The lowest BCUT2D eigenvalue weighted by Crippen LogP contribution is -2.50. The minimum absolute atomic E-state index is 0.0247. The smallest absolute Gasteiger partial charge is 0.251 e. The van der Waals surface area contributed by atoms with Gasteiger partial charge in [-0.2, -0.15) is 4.31 Å². The molecule has 9 nitrogen and oxygen atoms in total. The largest absolute Gasteiger partial charge is 0.354 e. The first-order valence-corrected chi connectivity index (χ1v) is 12.9. The van der Waals surface area contributed by atoms with Crippen molar-refractivity contribution < 1.29 is 22.8 Å². The maximum atomic E-state index is 12.8. The van der Waals surface area contributed by atoms with Crippen molar-refractivity contribution in [2.24, 2.45) is 5.92 Å². The molecule has 2 unspecified atom stereocenters. The minimum Gasteiger partial charge on any atom is -0.354 e. The van der Waals surface area contributed by atoms with Crippen LogP contribution >= 0.6 is 0 Å². The topological polar surface area (TPSA) is 125 Å². The van der Waals surface area contributed by atoms with Crippen LogP contribution in [0, 0.1) is 5.92 Å².